The van der Waals surface area contributed by atoms with Crippen molar-refractivity contribution in [3.05, 3.63) is 50.1 Å². The van der Waals surface area contributed by atoms with Gasteiger partial charge in [0, 0.05) is 10.6 Å². The number of hydrogen-bond acceptors (Lipinski definition) is 5. The number of rotatable bonds is 5. The number of carbonyl (C=O) groups is 1. The maximum Gasteiger partial charge on any atom is 0.260 e. The van der Waals surface area contributed by atoms with Gasteiger partial charge in [-0.3, -0.25) is 9.59 Å². The van der Waals surface area contributed by atoms with Crippen molar-refractivity contribution in [1.82, 2.24) is 9.97 Å². The lowest BCUT2D eigenvalue weighted by atomic mass is 9.97. The second kappa shape index (κ2) is 8.09. The molecule has 7 heteroatoms. The molecule has 2 N–H and O–H groups in total. The summed E-state index contributed by atoms with van der Waals surface area (Å²) in [5.74, 6) is 0.110. The highest BCUT2D eigenvalue weighted by Crippen LogP contribution is 2.34. The first-order valence-electron chi connectivity index (χ1n) is 9.62. The Morgan fingerprint density at radius 1 is 1.32 bits per heavy atom. The van der Waals surface area contributed by atoms with Gasteiger partial charge in [0.2, 0.25) is 5.91 Å². The largest absolute Gasteiger partial charge is 0.325 e. The number of aromatic nitrogens is 2. The quantitative estimate of drug-likeness (QED) is 0.478. The number of amides is 1. The molecule has 1 aliphatic rings. The summed E-state index contributed by atoms with van der Waals surface area (Å²) >= 11 is 2.90. The van der Waals surface area contributed by atoms with E-state index in [1.807, 2.05) is 25.1 Å². The lowest BCUT2D eigenvalue weighted by molar-refractivity contribution is -0.113. The fourth-order valence-electron chi connectivity index (χ4n) is 3.72. The van der Waals surface area contributed by atoms with E-state index in [1.54, 1.807) is 11.3 Å². The molecule has 1 aliphatic carbocycles. The summed E-state index contributed by atoms with van der Waals surface area (Å²) in [6.07, 6.45) is 5.17. The molecule has 0 saturated carbocycles. The molecule has 0 radical (unpaired) electrons. The van der Waals surface area contributed by atoms with E-state index in [-0.39, 0.29) is 17.2 Å². The number of benzene rings is 1. The second-order valence-corrected chi connectivity index (χ2v) is 9.11. The molecule has 146 valence electrons. The van der Waals surface area contributed by atoms with Crippen LogP contribution in [0.25, 0.3) is 10.2 Å². The zero-order valence-corrected chi connectivity index (χ0v) is 17.7. The monoisotopic (exact) mass is 413 g/mol. The van der Waals surface area contributed by atoms with Crippen LogP contribution in [0, 0.1) is 6.92 Å². The van der Waals surface area contributed by atoms with E-state index in [0.29, 0.717) is 5.16 Å². The van der Waals surface area contributed by atoms with Crippen molar-refractivity contribution in [3.8, 4) is 0 Å². The summed E-state index contributed by atoms with van der Waals surface area (Å²) in [6.45, 7) is 4.07. The molecule has 0 saturated heterocycles. The van der Waals surface area contributed by atoms with Crippen molar-refractivity contribution < 1.29 is 4.79 Å². The first-order chi connectivity index (χ1) is 13.6. The van der Waals surface area contributed by atoms with Gasteiger partial charge in [0.05, 0.1) is 11.1 Å². The average molecular weight is 414 g/mol. The van der Waals surface area contributed by atoms with Crippen molar-refractivity contribution in [1.29, 1.82) is 0 Å². The van der Waals surface area contributed by atoms with Crippen LogP contribution in [-0.4, -0.2) is 21.6 Å². The third-order valence-electron chi connectivity index (χ3n) is 5.15. The lowest BCUT2D eigenvalue weighted by Gasteiger charge is -2.12. The van der Waals surface area contributed by atoms with Gasteiger partial charge >= 0.3 is 0 Å². The highest BCUT2D eigenvalue weighted by Gasteiger charge is 2.20. The summed E-state index contributed by atoms with van der Waals surface area (Å²) in [6, 6.07) is 6.03. The Labute approximate surface area is 172 Å². The van der Waals surface area contributed by atoms with Crippen LogP contribution < -0.4 is 10.9 Å². The maximum atomic E-state index is 12.6. The minimum atomic E-state index is -0.0952. The van der Waals surface area contributed by atoms with Gasteiger partial charge in [0.15, 0.2) is 5.16 Å². The topological polar surface area (TPSA) is 74.8 Å². The number of nitrogens with one attached hydrogen (secondary N) is 2. The van der Waals surface area contributed by atoms with Crippen LogP contribution in [-0.2, 0) is 24.1 Å². The Morgan fingerprint density at radius 2 is 2.14 bits per heavy atom. The molecule has 0 bridgehead atoms. The Bertz CT molecular complexity index is 1100. The Kier molecular flexibility index (Phi) is 5.55. The Hall–Kier alpha value is -2.12. The fourth-order valence-corrected chi connectivity index (χ4v) is 5.70. The van der Waals surface area contributed by atoms with Gasteiger partial charge in [-0.05, 0) is 55.7 Å². The van der Waals surface area contributed by atoms with Crippen molar-refractivity contribution in [3.63, 3.8) is 0 Å². The molecule has 3 aromatic rings. The number of thiophene rings is 1. The molecule has 28 heavy (non-hydrogen) atoms. The number of fused-ring (bicyclic) bond motifs is 3. The van der Waals surface area contributed by atoms with E-state index in [2.05, 4.69) is 22.2 Å². The minimum Gasteiger partial charge on any atom is -0.325 e. The van der Waals surface area contributed by atoms with Gasteiger partial charge in [-0.15, -0.1) is 11.3 Å². The van der Waals surface area contributed by atoms with Crippen molar-refractivity contribution in [2.45, 2.75) is 51.1 Å². The maximum absolute atomic E-state index is 12.6. The van der Waals surface area contributed by atoms with E-state index in [4.69, 9.17) is 0 Å². The lowest BCUT2D eigenvalue weighted by Crippen LogP contribution is -2.17. The van der Waals surface area contributed by atoms with Crippen LogP contribution in [0.15, 0.2) is 28.2 Å². The number of aromatic amines is 1. The molecule has 2 heterocycles. The molecule has 0 aliphatic heterocycles. The first kappa shape index (κ1) is 19.2. The third kappa shape index (κ3) is 3.73. The third-order valence-corrected chi connectivity index (χ3v) is 7.21. The normalized spacial score (nSPS) is 13.5. The van der Waals surface area contributed by atoms with E-state index < -0.39 is 0 Å². The highest BCUT2D eigenvalue weighted by molar-refractivity contribution is 7.99. The van der Waals surface area contributed by atoms with Crippen LogP contribution in [0.5, 0.6) is 0 Å². The van der Waals surface area contributed by atoms with Crippen LogP contribution in [0.4, 0.5) is 5.69 Å². The number of H-pyrrole nitrogens is 1. The van der Waals surface area contributed by atoms with Gasteiger partial charge < -0.3 is 10.3 Å². The number of anilines is 1. The molecular formula is C21H23N3O2S2. The summed E-state index contributed by atoms with van der Waals surface area (Å²) in [4.78, 5) is 34.6. The SMILES string of the molecule is CCc1cccc(C)c1NC(=O)CSc1nc2sc3c(c2c(=O)[nH]1)CCCC3. The van der Waals surface area contributed by atoms with Crippen molar-refractivity contribution >= 4 is 44.9 Å². The van der Waals surface area contributed by atoms with Crippen LogP contribution in [0.2, 0.25) is 0 Å². The summed E-state index contributed by atoms with van der Waals surface area (Å²) < 4.78 is 0. The van der Waals surface area contributed by atoms with Crippen LogP contribution in [0.3, 0.4) is 0 Å². The van der Waals surface area contributed by atoms with E-state index in [0.717, 1.165) is 52.7 Å². The first-order valence-corrected chi connectivity index (χ1v) is 11.4. The minimum absolute atomic E-state index is 0.0838. The standard InChI is InChI=1S/C21H23N3O2S2/c1-3-13-8-6-7-12(2)18(13)22-16(25)11-27-21-23-19(26)17-14-9-4-5-10-15(14)28-20(17)24-21/h6-8H,3-5,9-11H2,1-2H3,(H,22,25)(H,23,24,26). The van der Waals surface area contributed by atoms with E-state index in [9.17, 15) is 9.59 Å². The fraction of sp³-hybridized carbons (Fsp3) is 0.381. The van der Waals surface area contributed by atoms with Crippen LogP contribution in [0.1, 0.15) is 41.3 Å². The number of para-hydroxylation sites is 1. The van der Waals surface area contributed by atoms with Gasteiger partial charge in [-0.1, -0.05) is 36.9 Å². The number of carbonyl (C=O) groups excluding carboxylic acids is 1. The van der Waals surface area contributed by atoms with Gasteiger partial charge in [0.1, 0.15) is 4.83 Å². The number of thioether (sulfide) groups is 1. The van der Waals surface area contributed by atoms with Crippen LogP contribution >= 0.6 is 23.1 Å². The summed E-state index contributed by atoms with van der Waals surface area (Å²) in [5.41, 5.74) is 4.16. The molecule has 5 nitrogen and oxygen atoms in total. The van der Waals surface area contributed by atoms with Gasteiger partial charge in [0.25, 0.3) is 5.56 Å². The average Bonchev–Trinajstić information content (AvgIpc) is 3.06. The van der Waals surface area contributed by atoms with Gasteiger partial charge in [-0.2, -0.15) is 0 Å². The number of hydrogen-bond donors (Lipinski definition) is 2. The Balaban J connectivity index is 1.50. The van der Waals surface area contributed by atoms with E-state index >= 15 is 0 Å². The zero-order chi connectivity index (χ0) is 19.7. The predicted molar refractivity (Wildman–Crippen MR) is 117 cm³/mol. The van der Waals surface area contributed by atoms with Gasteiger partial charge in [-0.25, -0.2) is 4.98 Å². The Morgan fingerprint density at radius 3 is 2.96 bits per heavy atom. The molecule has 4 rings (SSSR count). The molecule has 1 amide bonds. The molecule has 0 fully saturated rings. The molecule has 1 aromatic carbocycles. The summed E-state index contributed by atoms with van der Waals surface area (Å²) in [5, 5.41) is 4.27. The summed E-state index contributed by atoms with van der Waals surface area (Å²) in [7, 11) is 0. The molecule has 0 spiro atoms. The smallest absolute Gasteiger partial charge is 0.260 e. The van der Waals surface area contributed by atoms with Crippen molar-refractivity contribution in [2.24, 2.45) is 0 Å². The number of aryl methyl sites for hydroxylation is 4. The second-order valence-electron chi connectivity index (χ2n) is 7.06. The molecule has 0 unspecified atom stereocenters. The molecule has 2 aromatic heterocycles. The predicted octanol–water partition coefficient (Wildman–Crippen LogP) is 4.47. The zero-order valence-electron chi connectivity index (χ0n) is 16.1. The number of nitrogens with zero attached hydrogens (tertiary/aromatic N) is 1. The van der Waals surface area contributed by atoms with Crippen molar-refractivity contribution in [2.75, 3.05) is 11.1 Å². The molecular weight excluding hydrogens is 390 g/mol. The van der Waals surface area contributed by atoms with E-state index in [1.165, 1.54) is 28.6 Å². The highest BCUT2D eigenvalue weighted by atomic mass is 32.2. The molecule has 0 atom stereocenters.